The number of hydrogen-bond acceptors (Lipinski definition) is 3. The molecule has 0 saturated carbocycles. The molecule has 0 radical (unpaired) electrons. The van der Waals surface area contributed by atoms with E-state index >= 15 is 0 Å². The molecule has 98 valence electrons. The van der Waals surface area contributed by atoms with E-state index in [9.17, 15) is 4.79 Å². The van der Waals surface area contributed by atoms with Crippen LogP contribution in [0.15, 0.2) is 4.99 Å². The van der Waals surface area contributed by atoms with Gasteiger partial charge in [-0.15, -0.1) is 0 Å². The second kappa shape index (κ2) is 6.15. The molecular weight excluding hydrogens is 216 g/mol. The third-order valence-electron chi connectivity index (χ3n) is 3.10. The molecule has 1 fully saturated rings. The Bertz CT molecular complexity index is 288. The maximum Gasteiger partial charge on any atom is 0.227 e. The minimum Gasteiger partial charge on any atom is -0.359 e. The molecule has 1 N–H and O–H groups in total. The zero-order valence-corrected chi connectivity index (χ0v) is 11.5. The van der Waals surface area contributed by atoms with Crippen molar-refractivity contribution in [3.63, 3.8) is 0 Å². The standard InChI is InChI=1S/C13H24N2O2/c1-8(2)11(9(3)4)15-13-10(6-7-17-13)12(16)14-5/h8-10,13H,6-7H2,1-5H3,(H,14,16)/t10-,13-/m1/s1. The van der Waals surface area contributed by atoms with Gasteiger partial charge in [0.05, 0.1) is 12.5 Å². The molecule has 1 aliphatic rings. The number of nitrogens with zero attached hydrogens (tertiary/aromatic N) is 1. The van der Waals surface area contributed by atoms with Gasteiger partial charge in [-0.2, -0.15) is 0 Å². The van der Waals surface area contributed by atoms with E-state index < -0.39 is 0 Å². The van der Waals surface area contributed by atoms with Gasteiger partial charge < -0.3 is 10.1 Å². The monoisotopic (exact) mass is 240 g/mol. The van der Waals surface area contributed by atoms with Crippen LogP contribution in [-0.2, 0) is 9.53 Å². The van der Waals surface area contributed by atoms with Crippen LogP contribution in [0.3, 0.4) is 0 Å². The number of ether oxygens (including phenoxy) is 1. The quantitative estimate of drug-likeness (QED) is 0.762. The third kappa shape index (κ3) is 3.53. The van der Waals surface area contributed by atoms with Gasteiger partial charge >= 0.3 is 0 Å². The zero-order chi connectivity index (χ0) is 13.0. The lowest BCUT2D eigenvalue weighted by atomic mass is 9.96. The van der Waals surface area contributed by atoms with Gasteiger partial charge in [0.25, 0.3) is 0 Å². The van der Waals surface area contributed by atoms with Crippen molar-refractivity contribution in [2.24, 2.45) is 22.7 Å². The lowest BCUT2D eigenvalue weighted by Gasteiger charge is -2.19. The fraction of sp³-hybridized carbons (Fsp3) is 0.846. The van der Waals surface area contributed by atoms with Crippen LogP contribution in [-0.4, -0.2) is 31.5 Å². The Balaban J connectivity index is 2.83. The molecule has 2 atom stereocenters. The van der Waals surface area contributed by atoms with Gasteiger partial charge in [-0.25, -0.2) is 0 Å². The van der Waals surface area contributed by atoms with Crippen molar-refractivity contribution in [3.8, 4) is 0 Å². The molecule has 4 nitrogen and oxygen atoms in total. The number of aliphatic imine (C=N–C) groups is 1. The molecule has 0 unspecified atom stereocenters. The molecule has 1 rings (SSSR count). The summed E-state index contributed by atoms with van der Waals surface area (Å²) < 4.78 is 5.57. The van der Waals surface area contributed by atoms with Gasteiger partial charge in [-0.05, 0) is 18.3 Å². The van der Waals surface area contributed by atoms with Crippen molar-refractivity contribution in [2.75, 3.05) is 13.7 Å². The highest BCUT2D eigenvalue weighted by Crippen LogP contribution is 2.24. The number of carbonyl (C=O) groups is 1. The number of nitrogens with one attached hydrogen (secondary N) is 1. The van der Waals surface area contributed by atoms with Crippen LogP contribution in [0.5, 0.6) is 0 Å². The predicted octanol–water partition coefficient (Wildman–Crippen LogP) is 1.85. The average molecular weight is 240 g/mol. The summed E-state index contributed by atoms with van der Waals surface area (Å²) in [6.45, 7) is 9.13. The molecular formula is C13H24N2O2. The van der Waals surface area contributed by atoms with Gasteiger partial charge in [0.1, 0.15) is 0 Å². The average Bonchev–Trinajstić information content (AvgIpc) is 2.71. The Labute approximate surface area is 104 Å². The highest BCUT2D eigenvalue weighted by Gasteiger charge is 2.33. The summed E-state index contributed by atoms with van der Waals surface area (Å²) in [6.07, 6.45) is 0.465. The summed E-state index contributed by atoms with van der Waals surface area (Å²) in [5.74, 6) is 0.685. The van der Waals surface area contributed by atoms with Crippen LogP contribution >= 0.6 is 0 Å². The fourth-order valence-electron chi connectivity index (χ4n) is 2.26. The maximum atomic E-state index is 11.7. The lowest BCUT2D eigenvalue weighted by molar-refractivity contribution is -0.125. The van der Waals surface area contributed by atoms with Crippen molar-refractivity contribution in [3.05, 3.63) is 0 Å². The summed E-state index contributed by atoms with van der Waals surface area (Å²) in [5, 5.41) is 2.68. The number of hydrogen-bond donors (Lipinski definition) is 1. The van der Waals surface area contributed by atoms with Crippen LogP contribution in [0.4, 0.5) is 0 Å². The van der Waals surface area contributed by atoms with Crippen LogP contribution in [0.25, 0.3) is 0 Å². The summed E-state index contributed by atoms with van der Waals surface area (Å²) in [5.41, 5.74) is 1.13. The Morgan fingerprint density at radius 1 is 1.29 bits per heavy atom. The third-order valence-corrected chi connectivity index (χ3v) is 3.10. The van der Waals surface area contributed by atoms with Crippen molar-refractivity contribution < 1.29 is 9.53 Å². The van der Waals surface area contributed by atoms with E-state index in [1.54, 1.807) is 7.05 Å². The molecule has 1 saturated heterocycles. The summed E-state index contributed by atoms with van der Waals surface area (Å²) in [6, 6.07) is 0. The molecule has 4 heteroatoms. The second-order valence-corrected chi connectivity index (χ2v) is 5.13. The van der Waals surface area contributed by atoms with Crippen molar-refractivity contribution in [2.45, 2.75) is 40.3 Å². The predicted molar refractivity (Wildman–Crippen MR) is 69.0 cm³/mol. The number of rotatable bonds is 4. The molecule has 1 aliphatic heterocycles. The van der Waals surface area contributed by atoms with Gasteiger partial charge in [0.15, 0.2) is 6.23 Å². The molecule has 0 aromatic carbocycles. The molecule has 0 aromatic heterocycles. The smallest absolute Gasteiger partial charge is 0.227 e. The first kappa shape index (κ1) is 14.2. The largest absolute Gasteiger partial charge is 0.359 e. The van der Waals surface area contributed by atoms with E-state index in [0.29, 0.717) is 18.4 Å². The van der Waals surface area contributed by atoms with E-state index in [-0.39, 0.29) is 18.1 Å². The van der Waals surface area contributed by atoms with Crippen LogP contribution in [0.2, 0.25) is 0 Å². The molecule has 1 amide bonds. The first-order valence-corrected chi connectivity index (χ1v) is 6.38. The molecule has 0 aromatic rings. The zero-order valence-electron chi connectivity index (χ0n) is 11.5. The van der Waals surface area contributed by atoms with Gasteiger partial charge in [-0.3, -0.25) is 9.79 Å². The minimum absolute atomic E-state index is 0.0307. The van der Waals surface area contributed by atoms with Crippen molar-refractivity contribution in [1.82, 2.24) is 5.32 Å². The molecule has 0 spiro atoms. The highest BCUT2D eigenvalue weighted by atomic mass is 16.5. The van der Waals surface area contributed by atoms with Crippen molar-refractivity contribution >= 4 is 11.6 Å². The van der Waals surface area contributed by atoms with Crippen LogP contribution in [0.1, 0.15) is 34.1 Å². The van der Waals surface area contributed by atoms with Crippen LogP contribution < -0.4 is 5.32 Å². The first-order chi connectivity index (χ1) is 7.97. The van der Waals surface area contributed by atoms with Gasteiger partial charge in [0, 0.05) is 12.8 Å². The molecule has 0 aliphatic carbocycles. The lowest BCUT2D eigenvalue weighted by Crippen LogP contribution is -2.33. The molecule has 1 heterocycles. The SMILES string of the molecule is CNC(=O)[C@H]1CCO[C@H]1N=C(C(C)C)C(C)C. The van der Waals surface area contributed by atoms with Crippen molar-refractivity contribution in [1.29, 1.82) is 0 Å². The minimum atomic E-state index is -0.297. The summed E-state index contributed by atoms with van der Waals surface area (Å²) >= 11 is 0. The summed E-state index contributed by atoms with van der Waals surface area (Å²) in [4.78, 5) is 16.3. The highest BCUT2D eigenvalue weighted by molar-refractivity contribution is 5.88. The molecule has 0 bridgehead atoms. The fourth-order valence-corrected chi connectivity index (χ4v) is 2.26. The van der Waals surface area contributed by atoms with Gasteiger partial charge in [0.2, 0.25) is 5.91 Å². The normalized spacial score (nSPS) is 24.2. The Kier molecular flexibility index (Phi) is 5.12. The number of amides is 1. The Morgan fingerprint density at radius 3 is 2.35 bits per heavy atom. The van der Waals surface area contributed by atoms with Gasteiger partial charge in [-0.1, -0.05) is 27.7 Å². The molecule has 17 heavy (non-hydrogen) atoms. The van der Waals surface area contributed by atoms with E-state index in [4.69, 9.17) is 4.74 Å². The van der Waals surface area contributed by atoms with E-state index in [1.807, 2.05) is 0 Å². The van der Waals surface area contributed by atoms with E-state index in [1.165, 1.54) is 0 Å². The second-order valence-electron chi connectivity index (χ2n) is 5.13. The van der Waals surface area contributed by atoms with Crippen LogP contribution in [0, 0.1) is 17.8 Å². The Morgan fingerprint density at radius 2 is 1.88 bits per heavy atom. The maximum absolute atomic E-state index is 11.7. The summed E-state index contributed by atoms with van der Waals surface area (Å²) in [7, 11) is 1.66. The number of carbonyl (C=O) groups excluding carboxylic acids is 1. The van der Waals surface area contributed by atoms with E-state index in [0.717, 1.165) is 12.1 Å². The topological polar surface area (TPSA) is 50.7 Å². The van der Waals surface area contributed by atoms with E-state index in [2.05, 4.69) is 38.0 Å². The first-order valence-electron chi connectivity index (χ1n) is 6.38. The Hall–Kier alpha value is -0.900.